The van der Waals surface area contributed by atoms with Crippen LogP contribution in [0.2, 0.25) is 0 Å². The van der Waals surface area contributed by atoms with Gasteiger partial charge in [0.2, 0.25) is 0 Å². The monoisotopic (exact) mass is 154 g/mol. The fourth-order valence-electron chi connectivity index (χ4n) is 0. The standard InChI is InChI=1S/CH3.H3OP.Y/c;1-2;/h1H3;1H,2H2;/q-1;;. The van der Waals surface area contributed by atoms with Gasteiger partial charge in [0, 0.05) is 32.7 Å². The summed E-state index contributed by atoms with van der Waals surface area (Å²) in [6, 6.07) is 0. The molecule has 0 aliphatic carbocycles. The molecule has 0 saturated carbocycles. The largest absolute Gasteiger partial charge is 0.380 e. The van der Waals surface area contributed by atoms with Crippen molar-refractivity contribution in [2.75, 3.05) is 0 Å². The molecule has 3 heteroatoms. The molecule has 0 rings (SSSR count). The van der Waals surface area contributed by atoms with E-state index in [1.54, 1.807) is 0 Å². The summed E-state index contributed by atoms with van der Waals surface area (Å²) in [7, 11) is 1.42. The fourth-order valence-corrected chi connectivity index (χ4v) is 0. The predicted octanol–water partition coefficient (Wildman–Crippen LogP) is 0.217. The Balaban J connectivity index is -0.00000000500. The predicted molar refractivity (Wildman–Crippen MR) is 18.3 cm³/mol. The van der Waals surface area contributed by atoms with Gasteiger partial charge in [-0.1, -0.05) is 0 Å². The van der Waals surface area contributed by atoms with Crippen molar-refractivity contribution in [2.45, 2.75) is 0 Å². The summed E-state index contributed by atoms with van der Waals surface area (Å²) in [5, 5.41) is 0. The first-order valence-electron chi connectivity index (χ1n) is 0.258. The molecule has 0 aromatic heterocycles. The second-order valence-corrected chi connectivity index (χ2v) is 0. The van der Waals surface area contributed by atoms with E-state index in [9.17, 15) is 0 Å². The quantitative estimate of drug-likeness (QED) is 0.390. The molecule has 0 aromatic carbocycles. The minimum atomic E-state index is 0. The van der Waals surface area contributed by atoms with Crippen molar-refractivity contribution in [1.29, 1.82) is 0 Å². The molecule has 0 saturated heterocycles. The second-order valence-electron chi connectivity index (χ2n) is 0. The van der Waals surface area contributed by atoms with E-state index < -0.39 is 0 Å². The maximum atomic E-state index is 6.92. The van der Waals surface area contributed by atoms with Crippen LogP contribution in [-0.4, -0.2) is 4.89 Å². The van der Waals surface area contributed by atoms with Gasteiger partial charge in [-0.3, -0.25) is 0 Å². The van der Waals surface area contributed by atoms with Crippen LogP contribution in [0, 0.1) is 7.43 Å². The van der Waals surface area contributed by atoms with Gasteiger partial charge >= 0.3 is 0 Å². The smallest absolute Gasteiger partial charge is 0 e. The van der Waals surface area contributed by atoms with Gasteiger partial charge in [0.1, 0.15) is 0 Å². The van der Waals surface area contributed by atoms with Crippen LogP contribution >= 0.6 is 9.47 Å². The Morgan fingerprint density at radius 3 is 1.25 bits per heavy atom. The first-order valence-corrected chi connectivity index (χ1v) is 0.775. The summed E-state index contributed by atoms with van der Waals surface area (Å²) in [6.45, 7) is 0. The van der Waals surface area contributed by atoms with Crippen molar-refractivity contribution >= 4 is 9.47 Å². The van der Waals surface area contributed by atoms with Crippen LogP contribution in [-0.2, 0) is 32.7 Å². The Morgan fingerprint density at radius 1 is 1.25 bits per heavy atom. The van der Waals surface area contributed by atoms with Gasteiger partial charge in [0.15, 0.2) is 0 Å². The molecule has 0 aromatic rings. The Bertz CT molecular complexity index is 8.00. The molecule has 1 radical (unpaired) electrons. The third-order valence-corrected chi connectivity index (χ3v) is 0. The summed E-state index contributed by atoms with van der Waals surface area (Å²) in [5.41, 5.74) is 0. The molecular formula is CH6OPY-. The molecule has 0 amide bonds. The van der Waals surface area contributed by atoms with Crippen LogP contribution in [0.5, 0.6) is 0 Å². The van der Waals surface area contributed by atoms with Crippen molar-refractivity contribution in [3.05, 3.63) is 7.43 Å². The number of hydrogen-bond donors (Lipinski definition) is 1. The van der Waals surface area contributed by atoms with Gasteiger partial charge in [0.25, 0.3) is 0 Å². The van der Waals surface area contributed by atoms with Crippen LogP contribution in [0.25, 0.3) is 0 Å². The van der Waals surface area contributed by atoms with Gasteiger partial charge < -0.3 is 12.3 Å². The van der Waals surface area contributed by atoms with Crippen LogP contribution in [0.1, 0.15) is 0 Å². The SMILES string of the molecule is OP.[CH3-].[Y]. The van der Waals surface area contributed by atoms with E-state index in [4.69, 9.17) is 4.89 Å². The Labute approximate surface area is 54.3 Å². The molecule has 1 nitrogen and oxygen atoms in total. The Hall–Kier alpha value is 1.49. The van der Waals surface area contributed by atoms with E-state index in [1.807, 2.05) is 0 Å². The van der Waals surface area contributed by atoms with E-state index in [0.29, 0.717) is 0 Å². The molecule has 0 aliphatic rings. The average molecular weight is 154 g/mol. The zero-order chi connectivity index (χ0) is 2.00. The normalized spacial score (nSPS) is 1.50. The van der Waals surface area contributed by atoms with Gasteiger partial charge in [-0.05, 0) is 9.47 Å². The summed E-state index contributed by atoms with van der Waals surface area (Å²) < 4.78 is 0. The zero-order valence-corrected chi connectivity index (χ0v) is 6.59. The van der Waals surface area contributed by atoms with E-state index in [-0.39, 0.29) is 40.1 Å². The van der Waals surface area contributed by atoms with Crippen molar-refractivity contribution in [3.8, 4) is 0 Å². The van der Waals surface area contributed by atoms with Crippen LogP contribution in [0.3, 0.4) is 0 Å². The molecular weight excluding hydrogens is 148 g/mol. The summed E-state index contributed by atoms with van der Waals surface area (Å²) in [6.07, 6.45) is 0. The first kappa shape index (κ1) is 17.8. The van der Waals surface area contributed by atoms with Gasteiger partial charge in [0.05, 0.1) is 0 Å². The van der Waals surface area contributed by atoms with Crippen molar-refractivity contribution in [3.63, 3.8) is 0 Å². The Kier molecular flexibility index (Phi) is 110. The first-order chi connectivity index (χ1) is 1.00. The number of hydrogen-bond acceptors (Lipinski definition) is 1. The fraction of sp³-hybridized carbons (Fsp3) is 0. The van der Waals surface area contributed by atoms with E-state index in [0.717, 1.165) is 0 Å². The molecule has 0 heterocycles. The second kappa shape index (κ2) is 24.6. The van der Waals surface area contributed by atoms with E-state index >= 15 is 0 Å². The van der Waals surface area contributed by atoms with Gasteiger partial charge in [-0.15, -0.1) is 0 Å². The van der Waals surface area contributed by atoms with E-state index in [2.05, 4.69) is 0 Å². The van der Waals surface area contributed by atoms with Crippen LogP contribution in [0.15, 0.2) is 0 Å². The summed E-state index contributed by atoms with van der Waals surface area (Å²) >= 11 is 0. The maximum absolute atomic E-state index is 6.92. The van der Waals surface area contributed by atoms with E-state index in [1.165, 1.54) is 9.47 Å². The van der Waals surface area contributed by atoms with Crippen molar-refractivity contribution in [2.24, 2.45) is 0 Å². The van der Waals surface area contributed by atoms with Crippen LogP contribution in [0.4, 0.5) is 0 Å². The van der Waals surface area contributed by atoms with Crippen molar-refractivity contribution < 1.29 is 37.6 Å². The molecule has 1 unspecified atom stereocenters. The molecule has 0 bridgehead atoms. The average Bonchev–Trinajstić information content (AvgIpc) is 1.00. The summed E-state index contributed by atoms with van der Waals surface area (Å²) in [5.74, 6) is 0. The molecule has 0 fully saturated rings. The van der Waals surface area contributed by atoms with Crippen molar-refractivity contribution in [1.82, 2.24) is 0 Å². The molecule has 1 atom stereocenters. The summed E-state index contributed by atoms with van der Waals surface area (Å²) in [4.78, 5) is 6.92. The maximum Gasteiger partial charge on any atom is 0 e. The van der Waals surface area contributed by atoms with Gasteiger partial charge in [-0.25, -0.2) is 0 Å². The topological polar surface area (TPSA) is 20.2 Å². The minimum Gasteiger partial charge on any atom is -0.380 e. The molecule has 0 spiro atoms. The third-order valence-electron chi connectivity index (χ3n) is 0. The third kappa shape index (κ3) is 9.74. The molecule has 4 heavy (non-hydrogen) atoms. The Morgan fingerprint density at radius 2 is 1.25 bits per heavy atom. The van der Waals surface area contributed by atoms with Gasteiger partial charge in [-0.2, -0.15) is 0 Å². The minimum absolute atomic E-state index is 0. The van der Waals surface area contributed by atoms with Crippen LogP contribution < -0.4 is 0 Å². The zero-order valence-electron chi connectivity index (χ0n) is 2.60. The molecule has 0 aliphatic heterocycles. The molecule has 25 valence electrons. The molecule has 1 N–H and O–H groups in total. The number of rotatable bonds is 0.